The number of esters is 1. The van der Waals surface area contributed by atoms with Crippen LogP contribution in [0.3, 0.4) is 0 Å². The van der Waals surface area contributed by atoms with Crippen molar-refractivity contribution in [2.75, 3.05) is 12.9 Å². The van der Waals surface area contributed by atoms with E-state index in [0.717, 1.165) is 16.7 Å². The highest BCUT2D eigenvalue weighted by molar-refractivity contribution is 7.90. The van der Waals surface area contributed by atoms with E-state index in [9.17, 15) is 13.2 Å². The third-order valence-corrected chi connectivity index (χ3v) is 5.71. The van der Waals surface area contributed by atoms with Crippen molar-refractivity contribution in [2.24, 2.45) is 0 Å². The number of carbonyl (C=O) groups excluding carboxylic acids is 1. The fraction of sp³-hybridized carbons (Fsp3) is 0.133. The van der Waals surface area contributed by atoms with E-state index in [1.807, 2.05) is 6.07 Å². The Morgan fingerprint density at radius 1 is 1.14 bits per heavy atom. The smallest absolute Gasteiger partial charge is 0.339 e. The van der Waals surface area contributed by atoms with E-state index in [1.165, 1.54) is 23.5 Å². The topological polar surface area (TPSA) is 60.4 Å². The molecular formula is C15H11ClO4S2. The highest BCUT2D eigenvalue weighted by Crippen LogP contribution is 2.37. The minimum Gasteiger partial charge on any atom is -0.457 e. The van der Waals surface area contributed by atoms with Gasteiger partial charge < -0.3 is 4.74 Å². The van der Waals surface area contributed by atoms with E-state index in [0.29, 0.717) is 15.5 Å². The van der Waals surface area contributed by atoms with Crippen LogP contribution in [-0.4, -0.2) is 27.2 Å². The van der Waals surface area contributed by atoms with Crippen LogP contribution in [-0.2, 0) is 19.4 Å². The van der Waals surface area contributed by atoms with Gasteiger partial charge in [-0.3, -0.25) is 0 Å². The summed E-state index contributed by atoms with van der Waals surface area (Å²) >= 11 is 7.32. The van der Waals surface area contributed by atoms with Crippen LogP contribution in [0.15, 0.2) is 41.3 Å². The van der Waals surface area contributed by atoms with Crippen LogP contribution in [0.5, 0.6) is 0 Å². The first kappa shape index (κ1) is 15.3. The van der Waals surface area contributed by atoms with Crippen molar-refractivity contribution in [1.82, 2.24) is 0 Å². The summed E-state index contributed by atoms with van der Waals surface area (Å²) in [5.41, 5.74) is 1.86. The molecule has 2 heterocycles. The van der Waals surface area contributed by atoms with E-state index >= 15 is 0 Å². The lowest BCUT2D eigenvalue weighted by Crippen LogP contribution is -2.00. The van der Waals surface area contributed by atoms with Crippen LogP contribution in [0.25, 0.3) is 11.1 Å². The van der Waals surface area contributed by atoms with Crippen LogP contribution < -0.4 is 0 Å². The molecular weight excluding hydrogens is 344 g/mol. The number of cyclic esters (lactones) is 1. The lowest BCUT2D eigenvalue weighted by molar-refractivity contribution is -0.133. The van der Waals surface area contributed by atoms with Crippen molar-refractivity contribution in [2.45, 2.75) is 4.90 Å². The fourth-order valence-electron chi connectivity index (χ4n) is 2.24. The molecule has 2 aromatic rings. The maximum Gasteiger partial charge on any atom is 0.339 e. The molecule has 0 aliphatic carbocycles. The highest BCUT2D eigenvalue weighted by Gasteiger charge is 2.28. The normalized spacial score (nSPS) is 15.3. The minimum absolute atomic E-state index is 0.193. The molecule has 0 unspecified atom stereocenters. The average molecular weight is 355 g/mol. The van der Waals surface area contributed by atoms with Crippen molar-refractivity contribution >= 4 is 49.9 Å². The quantitative estimate of drug-likeness (QED) is 0.794. The molecule has 1 aliphatic rings. The van der Waals surface area contributed by atoms with E-state index in [-0.39, 0.29) is 11.5 Å². The van der Waals surface area contributed by atoms with Crippen LogP contribution in [0, 0.1) is 0 Å². The number of hydrogen-bond donors (Lipinski definition) is 0. The largest absolute Gasteiger partial charge is 0.457 e. The molecule has 1 aliphatic heterocycles. The first-order chi connectivity index (χ1) is 10.4. The lowest BCUT2D eigenvalue weighted by atomic mass is 10.0. The molecule has 0 amide bonds. The number of rotatable bonds is 3. The number of halogens is 1. The number of hydrogen-bond acceptors (Lipinski definition) is 5. The highest BCUT2D eigenvalue weighted by atomic mass is 35.5. The molecule has 0 N–H and O–H groups in total. The molecule has 22 heavy (non-hydrogen) atoms. The summed E-state index contributed by atoms with van der Waals surface area (Å²) in [7, 11) is -3.27. The Balaban J connectivity index is 2.09. The predicted molar refractivity (Wildman–Crippen MR) is 86.7 cm³/mol. The van der Waals surface area contributed by atoms with Crippen LogP contribution in [0.1, 0.15) is 10.4 Å². The van der Waals surface area contributed by atoms with Gasteiger partial charge in [0.05, 0.1) is 14.8 Å². The number of benzene rings is 1. The maximum atomic E-state index is 12.0. The van der Waals surface area contributed by atoms with E-state index in [4.69, 9.17) is 16.3 Å². The average Bonchev–Trinajstić information content (AvgIpc) is 3.04. The van der Waals surface area contributed by atoms with Gasteiger partial charge in [0, 0.05) is 16.7 Å². The summed E-state index contributed by atoms with van der Waals surface area (Å²) in [6.07, 6.45) is 1.14. The first-order valence-corrected chi connectivity index (χ1v) is 9.41. The zero-order chi connectivity index (χ0) is 15.9. The van der Waals surface area contributed by atoms with Crippen LogP contribution >= 0.6 is 22.9 Å². The van der Waals surface area contributed by atoms with Gasteiger partial charge in [0.2, 0.25) is 0 Å². The molecule has 0 spiro atoms. The van der Waals surface area contributed by atoms with Crippen LogP contribution in [0.4, 0.5) is 0 Å². The third kappa shape index (κ3) is 2.82. The van der Waals surface area contributed by atoms with Gasteiger partial charge in [-0.1, -0.05) is 23.7 Å². The maximum absolute atomic E-state index is 12.0. The minimum atomic E-state index is -3.27. The van der Waals surface area contributed by atoms with E-state index in [2.05, 4.69) is 0 Å². The van der Waals surface area contributed by atoms with E-state index < -0.39 is 15.8 Å². The van der Waals surface area contributed by atoms with Gasteiger partial charge in [-0.2, -0.15) is 0 Å². The first-order valence-electron chi connectivity index (χ1n) is 6.33. The Morgan fingerprint density at radius 3 is 2.36 bits per heavy atom. The summed E-state index contributed by atoms with van der Waals surface area (Å²) in [5.74, 6) is -0.411. The molecule has 0 saturated carbocycles. The number of ether oxygens (including phenoxy) is 1. The predicted octanol–water partition coefficient (Wildman–Crippen LogP) is 3.27. The zero-order valence-electron chi connectivity index (χ0n) is 11.5. The van der Waals surface area contributed by atoms with Crippen molar-refractivity contribution in [3.63, 3.8) is 0 Å². The van der Waals surface area contributed by atoms with Gasteiger partial charge in [0.1, 0.15) is 6.61 Å². The Morgan fingerprint density at radius 2 is 1.82 bits per heavy atom. The molecule has 3 rings (SSSR count). The molecule has 0 bridgehead atoms. The molecule has 4 nitrogen and oxygen atoms in total. The van der Waals surface area contributed by atoms with E-state index in [1.54, 1.807) is 18.2 Å². The van der Waals surface area contributed by atoms with Gasteiger partial charge in [-0.15, -0.1) is 11.3 Å². The summed E-state index contributed by atoms with van der Waals surface area (Å²) < 4.78 is 28.8. The van der Waals surface area contributed by atoms with Gasteiger partial charge in [0.15, 0.2) is 9.84 Å². The Hall–Kier alpha value is -1.63. The molecule has 0 saturated heterocycles. The second kappa shape index (κ2) is 5.53. The zero-order valence-corrected chi connectivity index (χ0v) is 13.9. The monoisotopic (exact) mass is 354 g/mol. The molecule has 7 heteroatoms. The number of carbonyl (C=O) groups is 1. The Bertz CT molecular complexity index is 877. The lowest BCUT2D eigenvalue weighted by Gasteiger charge is -2.04. The van der Waals surface area contributed by atoms with Crippen molar-refractivity contribution in [3.05, 3.63) is 51.2 Å². The summed E-state index contributed by atoms with van der Waals surface area (Å²) in [6, 6.07) is 9.82. The van der Waals surface area contributed by atoms with Gasteiger partial charge in [-0.25, -0.2) is 13.2 Å². The standard InChI is InChI=1S/C15H11ClO4S2/c1-22(18,19)10-4-2-9(3-5-10)14-11(8-20-15(14)17)12-6-7-13(16)21-12/h2-7H,8H2,1H3. The van der Waals surface area contributed by atoms with Crippen molar-refractivity contribution < 1.29 is 17.9 Å². The molecule has 0 radical (unpaired) electrons. The second-order valence-electron chi connectivity index (χ2n) is 4.83. The van der Waals surface area contributed by atoms with Gasteiger partial charge >= 0.3 is 5.97 Å². The fourth-order valence-corrected chi connectivity index (χ4v) is 3.95. The number of sulfone groups is 1. The van der Waals surface area contributed by atoms with Gasteiger partial charge in [-0.05, 0) is 29.8 Å². The Labute approximate surface area is 136 Å². The van der Waals surface area contributed by atoms with Crippen LogP contribution in [0.2, 0.25) is 4.34 Å². The summed E-state index contributed by atoms with van der Waals surface area (Å²) in [6.45, 7) is 0.193. The Kier molecular flexibility index (Phi) is 3.84. The summed E-state index contributed by atoms with van der Waals surface area (Å²) in [4.78, 5) is 13.1. The number of thiophene rings is 1. The van der Waals surface area contributed by atoms with Gasteiger partial charge in [0.25, 0.3) is 0 Å². The molecule has 114 valence electrons. The molecule has 0 atom stereocenters. The SMILES string of the molecule is CS(=O)(=O)c1ccc(C2=C(c3ccc(Cl)s3)COC2=O)cc1. The second-order valence-corrected chi connectivity index (χ2v) is 8.56. The van der Waals surface area contributed by atoms with Crippen molar-refractivity contribution in [1.29, 1.82) is 0 Å². The molecule has 1 aromatic heterocycles. The summed E-state index contributed by atoms with van der Waals surface area (Å²) in [5, 5.41) is 0. The van der Waals surface area contributed by atoms with Crippen molar-refractivity contribution in [3.8, 4) is 0 Å². The molecule has 1 aromatic carbocycles. The third-order valence-electron chi connectivity index (χ3n) is 3.30. The molecule has 0 fully saturated rings.